The fraction of sp³-hybridized carbons (Fsp3) is 0.133. The number of fused-ring (bicyclic) bond motifs is 1. The minimum atomic E-state index is -0.268. The van der Waals surface area contributed by atoms with Gasteiger partial charge in [-0.1, -0.05) is 29.3 Å². The van der Waals surface area contributed by atoms with E-state index >= 15 is 0 Å². The lowest BCUT2D eigenvalue weighted by atomic mass is 10.2. The van der Waals surface area contributed by atoms with E-state index in [1.165, 1.54) is 24.1 Å². The standard InChI is InChI=1S/C15H11Cl2N3O2/c1-22-14-11(17)6-10(16)12-13(14)19-8-20(15(12)21)7-9-4-2-3-5-18-9/h2-6,8H,7H2,1H3. The van der Waals surface area contributed by atoms with Crippen LogP contribution in [0.1, 0.15) is 5.69 Å². The van der Waals surface area contributed by atoms with Gasteiger partial charge in [0.2, 0.25) is 0 Å². The molecule has 7 heteroatoms. The highest BCUT2D eigenvalue weighted by Crippen LogP contribution is 2.35. The van der Waals surface area contributed by atoms with E-state index in [2.05, 4.69) is 9.97 Å². The molecule has 0 saturated heterocycles. The Kier molecular flexibility index (Phi) is 4.00. The van der Waals surface area contributed by atoms with Crippen LogP contribution in [0.15, 0.2) is 41.6 Å². The summed E-state index contributed by atoms with van der Waals surface area (Å²) in [5.41, 5.74) is 0.834. The highest BCUT2D eigenvalue weighted by molar-refractivity contribution is 6.39. The third-order valence-electron chi connectivity index (χ3n) is 3.22. The van der Waals surface area contributed by atoms with Crippen molar-refractivity contribution in [3.8, 4) is 5.75 Å². The maximum Gasteiger partial charge on any atom is 0.263 e. The van der Waals surface area contributed by atoms with Crippen LogP contribution in [0.2, 0.25) is 10.0 Å². The summed E-state index contributed by atoms with van der Waals surface area (Å²) in [4.78, 5) is 21.1. The number of nitrogens with zero attached hydrogens (tertiary/aromatic N) is 3. The zero-order valence-electron chi connectivity index (χ0n) is 11.6. The molecule has 0 N–H and O–H groups in total. The van der Waals surface area contributed by atoms with E-state index in [4.69, 9.17) is 27.9 Å². The first-order chi connectivity index (χ1) is 10.6. The summed E-state index contributed by atoms with van der Waals surface area (Å²) in [6, 6.07) is 6.99. The van der Waals surface area contributed by atoms with Gasteiger partial charge < -0.3 is 4.74 Å². The van der Waals surface area contributed by atoms with Crippen LogP contribution in [-0.2, 0) is 6.54 Å². The second-order valence-electron chi connectivity index (χ2n) is 4.60. The van der Waals surface area contributed by atoms with Gasteiger partial charge in [-0.05, 0) is 18.2 Å². The molecule has 0 amide bonds. The second-order valence-corrected chi connectivity index (χ2v) is 5.41. The molecule has 5 nitrogen and oxygen atoms in total. The van der Waals surface area contributed by atoms with Crippen LogP contribution in [0, 0.1) is 0 Å². The molecule has 0 atom stereocenters. The van der Waals surface area contributed by atoms with Crippen molar-refractivity contribution in [1.82, 2.24) is 14.5 Å². The zero-order chi connectivity index (χ0) is 15.7. The van der Waals surface area contributed by atoms with Gasteiger partial charge in [0.15, 0.2) is 5.75 Å². The van der Waals surface area contributed by atoms with E-state index in [-0.39, 0.29) is 16.0 Å². The highest BCUT2D eigenvalue weighted by Gasteiger charge is 2.16. The van der Waals surface area contributed by atoms with Gasteiger partial charge in [0, 0.05) is 6.20 Å². The van der Waals surface area contributed by atoms with Crippen molar-refractivity contribution in [3.05, 3.63) is 62.9 Å². The molecule has 112 valence electrons. The molecule has 0 bridgehead atoms. The first-order valence-corrected chi connectivity index (χ1v) is 7.18. The summed E-state index contributed by atoms with van der Waals surface area (Å²) in [5, 5.41) is 0.837. The molecule has 22 heavy (non-hydrogen) atoms. The predicted molar refractivity (Wildman–Crippen MR) is 85.9 cm³/mol. The quantitative estimate of drug-likeness (QED) is 0.737. The van der Waals surface area contributed by atoms with Gasteiger partial charge in [0.25, 0.3) is 5.56 Å². The molecule has 2 aromatic heterocycles. The monoisotopic (exact) mass is 335 g/mol. The third kappa shape index (κ3) is 2.53. The van der Waals surface area contributed by atoms with Crippen LogP contribution < -0.4 is 10.3 Å². The average molecular weight is 336 g/mol. The van der Waals surface area contributed by atoms with E-state index < -0.39 is 0 Å². The minimum absolute atomic E-state index is 0.244. The molecule has 3 rings (SSSR count). The van der Waals surface area contributed by atoms with E-state index in [9.17, 15) is 4.79 Å². The van der Waals surface area contributed by atoms with Crippen LogP contribution in [0.25, 0.3) is 10.9 Å². The number of pyridine rings is 1. The minimum Gasteiger partial charge on any atom is -0.493 e. The smallest absolute Gasteiger partial charge is 0.263 e. The fourth-order valence-corrected chi connectivity index (χ4v) is 2.82. The van der Waals surface area contributed by atoms with Crippen LogP contribution in [-0.4, -0.2) is 21.6 Å². The van der Waals surface area contributed by atoms with Gasteiger partial charge in [-0.2, -0.15) is 0 Å². The maximum absolute atomic E-state index is 12.6. The van der Waals surface area contributed by atoms with Gasteiger partial charge in [0.1, 0.15) is 5.52 Å². The number of halogens is 2. The molecule has 0 unspecified atom stereocenters. The van der Waals surface area contributed by atoms with E-state index in [1.54, 1.807) is 6.20 Å². The molecule has 0 aliphatic rings. The fourth-order valence-electron chi connectivity index (χ4n) is 2.21. The highest BCUT2D eigenvalue weighted by atomic mass is 35.5. The lowest BCUT2D eigenvalue weighted by Crippen LogP contribution is -2.22. The van der Waals surface area contributed by atoms with E-state index in [1.807, 2.05) is 18.2 Å². The molecule has 3 aromatic rings. The lowest BCUT2D eigenvalue weighted by Gasteiger charge is -2.11. The number of hydrogen-bond acceptors (Lipinski definition) is 4. The summed E-state index contributed by atoms with van der Waals surface area (Å²) >= 11 is 12.2. The molecule has 0 aliphatic heterocycles. The number of aromatic nitrogens is 3. The predicted octanol–water partition coefficient (Wildman–Crippen LogP) is 3.16. The first-order valence-electron chi connectivity index (χ1n) is 6.43. The average Bonchev–Trinajstić information content (AvgIpc) is 2.51. The van der Waals surface area contributed by atoms with Gasteiger partial charge in [-0.15, -0.1) is 0 Å². The van der Waals surface area contributed by atoms with E-state index in [0.29, 0.717) is 22.8 Å². The van der Waals surface area contributed by atoms with Gasteiger partial charge >= 0.3 is 0 Å². The Bertz CT molecular complexity index is 895. The second kappa shape index (κ2) is 5.94. The summed E-state index contributed by atoms with van der Waals surface area (Å²) < 4.78 is 6.66. The Morgan fingerprint density at radius 1 is 1.23 bits per heavy atom. The Balaban J connectivity index is 2.20. The maximum atomic E-state index is 12.6. The van der Waals surface area contributed by atoms with Gasteiger partial charge in [-0.3, -0.25) is 14.3 Å². The van der Waals surface area contributed by atoms with Crippen LogP contribution in [0.3, 0.4) is 0 Å². The Morgan fingerprint density at radius 3 is 2.73 bits per heavy atom. The van der Waals surface area contributed by atoms with Crippen molar-refractivity contribution in [2.24, 2.45) is 0 Å². The molecule has 1 aromatic carbocycles. The molecule has 0 saturated carbocycles. The van der Waals surface area contributed by atoms with Crippen molar-refractivity contribution in [2.45, 2.75) is 6.54 Å². The van der Waals surface area contributed by atoms with Crippen LogP contribution >= 0.6 is 23.2 Å². The number of hydrogen-bond donors (Lipinski definition) is 0. The largest absolute Gasteiger partial charge is 0.493 e. The van der Waals surface area contributed by atoms with Crippen molar-refractivity contribution < 1.29 is 4.74 Å². The summed E-state index contributed by atoms with van der Waals surface area (Å²) in [6.45, 7) is 0.309. The van der Waals surface area contributed by atoms with E-state index in [0.717, 1.165) is 5.69 Å². The molecule has 0 aliphatic carbocycles. The third-order valence-corrected chi connectivity index (χ3v) is 3.80. The Hall–Kier alpha value is -2.11. The molecule has 0 radical (unpaired) electrons. The first kappa shape index (κ1) is 14.8. The van der Waals surface area contributed by atoms with Crippen LogP contribution in [0.4, 0.5) is 0 Å². The molecule has 0 fully saturated rings. The number of benzene rings is 1. The lowest BCUT2D eigenvalue weighted by molar-refractivity contribution is 0.419. The molecule has 2 heterocycles. The van der Waals surface area contributed by atoms with Crippen LogP contribution in [0.5, 0.6) is 5.75 Å². The van der Waals surface area contributed by atoms with Crippen molar-refractivity contribution in [1.29, 1.82) is 0 Å². The normalized spacial score (nSPS) is 10.9. The zero-order valence-corrected chi connectivity index (χ0v) is 13.1. The summed E-state index contributed by atoms with van der Waals surface area (Å²) in [5.74, 6) is 0.336. The van der Waals surface area contributed by atoms with Gasteiger partial charge in [-0.25, -0.2) is 4.98 Å². The summed E-state index contributed by atoms with van der Waals surface area (Å²) in [7, 11) is 1.47. The molecular formula is C15H11Cl2N3O2. The molecular weight excluding hydrogens is 325 g/mol. The number of rotatable bonds is 3. The topological polar surface area (TPSA) is 57.0 Å². The Morgan fingerprint density at radius 2 is 2.05 bits per heavy atom. The van der Waals surface area contributed by atoms with Crippen molar-refractivity contribution in [2.75, 3.05) is 7.11 Å². The molecule has 0 spiro atoms. The SMILES string of the molecule is COc1c(Cl)cc(Cl)c2c(=O)n(Cc3ccccn3)cnc12. The van der Waals surface area contributed by atoms with Crippen molar-refractivity contribution >= 4 is 34.1 Å². The number of methoxy groups -OCH3 is 1. The Labute approximate surface area is 136 Å². The number of ether oxygens (including phenoxy) is 1. The summed E-state index contributed by atoms with van der Waals surface area (Å²) in [6.07, 6.45) is 3.11. The van der Waals surface area contributed by atoms with Gasteiger partial charge in [0.05, 0.1) is 41.1 Å². The van der Waals surface area contributed by atoms with Crippen molar-refractivity contribution in [3.63, 3.8) is 0 Å².